The molecule has 0 fully saturated rings. The lowest BCUT2D eigenvalue weighted by molar-refractivity contribution is -0.139. The van der Waals surface area contributed by atoms with Gasteiger partial charge in [-0.05, 0) is 58.7 Å². The summed E-state index contributed by atoms with van der Waals surface area (Å²) in [6, 6.07) is 11.1. The maximum Gasteiger partial charge on any atom is 0.408 e. The minimum absolute atomic E-state index is 0.143. The molecular formula is C26H32N4O5. The van der Waals surface area contributed by atoms with Crippen LogP contribution < -0.4 is 10.6 Å². The summed E-state index contributed by atoms with van der Waals surface area (Å²) in [5, 5.41) is 25.3. The topological polar surface area (TPSA) is 132 Å². The number of rotatable bonds is 7. The monoisotopic (exact) mass is 480 g/mol. The van der Waals surface area contributed by atoms with Crippen molar-refractivity contribution in [1.29, 1.82) is 5.26 Å². The van der Waals surface area contributed by atoms with Gasteiger partial charge in [0.2, 0.25) is 5.91 Å². The molecule has 2 aromatic rings. The number of amides is 3. The molecule has 9 nitrogen and oxygen atoms in total. The first-order chi connectivity index (χ1) is 16.4. The minimum atomic E-state index is -1.34. The zero-order valence-electron chi connectivity index (χ0n) is 20.9. The number of ether oxygens (including phenoxy) is 1. The lowest BCUT2D eigenvalue weighted by Gasteiger charge is -2.32. The van der Waals surface area contributed by atoms with Gasteiger partial charge in [0, 0.05) is 11.3 Å². The zero-order valence-corrected chi connectivity index (χ0v) is 20.9. The first kappa shape index (κ1) is 27.2. The number of nitrogens with one attached hydrogen (secondary N) is 2. The molecule has 0 heterocycles. The Morgan fingerprint density at radius 1 is 1.09 bits per heavy atom. The molecule has 0 radical (unpaired) electrons. The number of phenolic OH excluding ortho intramolecular Hbond substituents is 1. The Morgan fingerprint density at radius 2 is 1.69 bits per heavy atom. The number of phenols is 1. The molecule has 2 unspecified atom stereocenters. The molecule has 3 amide bonds. The molecule has 0 aliphatic heterocycles. The lowest BCUT2D eigenvalue weighted by Crippen LogP contribution is -2.51. The fourth-order valence-electron chi connectivity index (χ4n) is 3.54. The second-order valence-corrected chi connectivity index (χ2v) is 9.21. The zero-order chi connectivity index (χ0) is 26.3. The Labute approximate surface area is 205 Å². The van der Waals surface area contributed by atoms with Crippen LogP contribution in [-0.4, -0.2) is 46.1 Å². The highest BCUT2D eigenvalue weighted by molar-refractivity contribution is 6.00. The maximum atomic E-state index is 13.6. The van der Waals surface area contributed by atoms with Crippen molar-refractivity contribution in [2.24, 2.45) is 0 Å². The predicted molar refractivity (Wildman–Crippen MR) is 132 cm³/mol. The summed E-state index contributed by atoms with van der Waals surface area (Å²) in [5.41, 5.74) is 1.56. The number of benzene rings is 2. The predicted octanol–water partition coefficient (Wildman–Crippen LogP) is 3.95. The number of hydrogen-bond acceptors (Lipinski definition) is 6. The molecule has 0 spiro atoms. The van der Waals surface area contributed by atoms with Crippen LogP contribution in [0.5, 0.6) is 5.75 Å². The third-order valence-electron chi connectivity index (χ3n) is 5.15. The van der Waals surface area contributed by atoms with Gasteiger partial charge in [-0.2, -0.15) is 5.26 Å². The van der Waals surface area contributed by atoms with Crippen LogP contribution in [0.25, 0.3) is 0 Å². The Balaban J connectivity index is 2.46. The number of aryl methyl sites for hydroxylation is 2. The van der Waals surface area contributed by atoms with E-state index in [1.807, 2.05) is 38.1 Å². The van der Waals surface area contributed by atoms with E-state index in [0.29, 0.717) is 5.69 Å². The summed E-state index contributed by atoms with van der Waals surface area (Å²) in [5.74, 6) is -1.52. The van der Waals surface area contributed by atoms with Gasteiger partial charge in [-0.15, -0.1) is 0 Å². The van der Waals surface area contributed by atoms with Crippen molar-refractivity contribution in [2.45, 2.75) is 59.2 Å². The van der Waals surface area contributed by atoms with E-state index >= 15 is 0 Å². The molecule has 3 N–H and O–H groups in total. The molecule has 0 aliphatic rings. The molecule has 0 bridgehead atoms. The van der Waals surface area contributed by atoms with Crippen LogP contribution in [-0.2, 0) is 14.3 Å². The van der Waals surface area contributed by atoms with Crippen molar-refractivity contribution < 1.29 is 24.2 Å². The number of aromatic hydroxyl groups is 1. The van der Waals surface area contributed by atoms with Crippen LogP contribution >= 0.6 is 0 Å². The third kappa shape index (κ3) is 7.21. The number of hydrogen-bond donors (Lipinski definition) is 3. The van der Waals surface area contributed by atoms with Crippen molar-refractivity contribution >= 4 is 23.6 Å². The highest BCUT2D eigenvalue weighted by atomic mass is 16.6. The van der Waals surface area contributed by atoms with Crippen molar-refractivity contribution in [3.05, 3.63) is 59.2 Å². The molecule has 2 aromatic carbocycles. The molecule has 35 heavy (non-hydrogen) atoms. The number of anilines is 1. The van der Waals surface area contributed by atoms with E-state index in [-0.39, 0.29) is 11.3 Å². The van der Waals surface area contributed by atoms with E-state index in [4.69, 9.17) is 4.74 Å². The summed E-state index contributed by atoms with van der Waals surface area (Å²) in [4.78, 5) is 40.2. The summed E-state index contributed by atoms with van der Waals surface area (Å²) in [7, 11) is 0. The van der Waals surface area contributed by atoms with E-state index in [9.17, 15) is 24.8 Å². The van der Waals surface area contributed by atoms with E-state index in [1.54, 1.807) is 32.9 Å². The van der Waals surface area contributed by atoms with Crippen molar-refractivity contribution in [3.63, 3.8) is 0 Å². The molecule has 0 aliphatic carbocycles. The molecule has 0 saturated heterocycles. The molecule has 0 aromatic heterocycles. The van der Waals surface area contributed by atoms with E-state index < -0.39 is 42.1 Å². The van der Waals surface area contributed by atoms with E-state index in [0.717, 1.165) is 16.0 Å². The second kappa shape index (κ2) is 11.4. The minimum Gasteiger partial charge on any atom is -0.508 e. The lowest BCUT2D eigenvalue weighted by atomic mass is 10.0. The second-order valence-electron chi connectivity index (χ2n) is 9.21. The van der Waals surface area contributed by atoms with Crippen LogP contribution in [0.1, 0.15) is 50.4 Å². The van der Waals surface area contributed by atoms with Gasteiger partial charge in [0.05, 0.1) is 6.07 Å². The molecule has 9 heteroatoms. The normalized spacial score (nSPS) is 12.6. The quantitative estimate of drug-likeness (QED) is 0.514. The molecule has 0 saturated carbocycles. The van der Waals surface area contributed by atoms with Crippen molar-refractivity contribution in [2.75, 3.05) is 11.9 Å². The highest BCUT2D eigenvalue weighted by Gasteiger charge is 2.36. The van der Waals surface area contributed by atoms with Crippen molar-refractivity contribution in [3.8, 4) is 11.8 Å². The third-order valence-corrected chi connectivity index (χ3v) is 5.15. The van der Waals surface area contributed by atoms with Gasteiger partial charge in [-0.25, -0.2) is 4.79 Å². The number of alkyl carbamates (subject to hydrolysis) is 1. The van der Waals surface area contributed by atoms with Gasteiger partial charge >= 0.3 is 6.09 Å². The Morgan fingerprint density at radius 3 is 2.23 bits per heavy atom. The average molecular weight is 481 g/mol. The van der Waals surface area contributed by atoms with E-state index in [2.05, 4.69) is 10.6 Å². The summed E-state index contributed by atoms with van der Waals surface area (Å²) < 4.78 is 5.21. The van der Waals surface area contributed by atoms with Gasteiger partial charge in [0.25, 0.3) is 5.91 Å². The summed E-state index contributed by atoms with van der Waals surface area (Å²) in [6.07, 6.45) is -0.811. The smallest absolute Gasteiger partial charge is 0.408 e. The number of nitriles is 1. The van der Waals surface area contributed by atoms with Crippen LogP contribution in [0, 0.1) is 25.2 Å². The first-order valence-electron chi connectivity index (χ1n) is 11.2. The highest BCUT2D eigenvalue weighted by Crippen LogP contribution is 2.31. The number of carbonyl (C=O) groups is 3. The fourth-order valence-corrected chi connectivity index (χ4v) is 3.54. The van der Waals surface area contributed by atoms with Crippen LogP contribution in [0.3, 0.4) is 0 Å². The Hall–Kier alpha value is -4.06. The molecular weight excluding hydrogens is 448 g/mol. The van der Waals surface area contributed by atoms with Crippen LogP contribution in [0.4, 0.5) is 10.5 Å². The fraction of sp³-hybridized carbons (Fsp3) is 0.385. The summed E-state index contributed by atoms with van der Waals surface area (Å²) >= 11 is 0. The van der Waals surface area contributed by atoms with E-state index in [1.165, 1.54) is 19.1 Å². The van der Waals surface area contributed by atoms with Crippen LogP contribution in [0.2, 0.25) is 0 Å². The number of nitrogens with zero attached hydrogens (tertiary/aromatic N) is 2. The maximum absolute atomic E-state index is 13.6. The average Bonchev–Trinajstić information content (AvgIpc) is 2.75. The number of carbonyl (C=O) groups excluding carboxylic acids is 3. The van der Waals surface area contributed by atoms with Gasteiger partial charge in [0.1, 0.15) is 30.0 Å². The van der Waals surface area contributed by atoms with Gasteiger partial charge < -0.3 is 25.4 Å². The van der Waals surface area contributed by atoms with Gasteiger partial charge in [-0.3, -0.25) is 9.59 Å². The Bertz CT molecular complexity index is 1110. The summed E-state index contributed by atoms with van der Waals surface area (Å²) in [6.45, 7) is 9.71. The van der Waals surface area contributed by atoms with Crippen molar-refractivity contribution in [1.82, 2.24) is 10.2 Å². The Kier molecular flexibility index (Phi) is 8.84. The van der Waals surface area contributed by atoms with Crippen LogP contribution in [0.15, 0.2) is 42.5 Å². The SMILES string of the molecule is Cc1cccc(C)c1NC(=O)C(c1ccccc1O)N(CC#N)C(=O)C(C)NC(=O)OC(C)(C)C. The van der Waals surface area contributed by atoms with Gasteiger partial charge in [-0.1, -0.05) is 36.4 Å². The number of para-hydroxylation sites is 2. The molecule has 186 valence electrons. The standard InChI is InChI=1S/C26H32N4O5/c1-16-10-9-11-17(2)21(16)29-23(32)22(19-12-7-8-13-20(19)31)30(15-14-27)24(33)18(3)28-25(34)35-26(4,5)6/h7-13,18,22,31H,15H2,1-6H3,(H,28,34)(H,29,32). The van der Waals surface area contributed by atoms with Gasteiger partial charge in [0.15, 0.2) is 0 Å². The largest absolute Gasteiger partial charge is 0.508 e. The molecule has 2 atom stereocenters. The first-order valence-corrected chi connectivity index (χ1v) is 11.2. The molecule has 2 rings (SSSR count).